The van der Waals surface area contributed by atoms with Crippen molar-refractivity contribution in [1.29, 1.82) is 0 Å². The van der Waals surface area contributed by atoms with Crippen LogP contribution in [0.2, 0.25) is 0 Å². The molecule has 0 aliphatic heterocycles. The van der Waals surface area contributed by atoms with Crippen molar-refractivity contribution < 1.29 is 31.2 Å². The molecule has 0 aliphatic rings. The van der Waals surface area contributed by atoms with Crippen molar-refractivity contribution in [3.8, 4) is 0 Å². The Bertz CT molecular complexity index is 1210. The molecule has 2 aromatic rings. The number of primary amides is 1. The lowest BCUT2D eigenvalue weighted by Gasteiger charge is -2.20. The number of carbonyl (C=O) groups excluding carboxylic acids is 1. The van der Waals surface area contributed by atoms with Gasteiger partial charge in [0.2, 0.25) is 11.9 Å². The van der Waals surface area contributed by atoms with Crippen LogP contribution in [0.4, 0.5) is 18.9 Å². The number of nitrogens with two attached hydrogens (primary N) is 3. The van der Waals surface area contributed by atoms with Crippen LogP contribution >= 0.6 is 0 Å². The summed E-state index contributed by atoms with van der Waals surface area (Å²) in [6.45, 7) is 1.29. The minimum absolute atomic E-state index is 0.123. The Morgan fingerprint density at radius 3 is 2.27 bits per heavy atom. The molecule has 0 saturated heterocycles. The standard InChI is InChI=1S/C18H21F3N6O5S/c1-10-2-7-13(16(29)27(10)14(15(22)28)8-9-32-25-17(23)24)26-33(30,31)12-5-3-11(4-6-12)18(19,20)21/h2-7,14,26H,8-9H2,1H3,(H2,22,28)(H4,23,24,25). The SMILES string of the molecule is Cc1ccc(NS(=O)(=O)c2ccc(C(F)(F)F)cc2)c(=O)n1C(CCON=C(N)N)C(N)=O. The van der Waals surface area contributed by atoms with Crippen LogP contribution in [0.25, 0.3) is 0 Å². The fraction of sp³-hybridized carbons (Fsp3) is 0.278. The number of hydrogen-bond donors (Lipinski definition) is 4. The molecule has 1 aromatic heterocycles. The maximum absolute atomic E-state index is 12.9. The van der Waals surface area contributed by atoms with Crippen molar-refractivity contribution in [2.24, 2.45) is 22.4 Å². The van der Waals surface area contributed by atoms with Crippen LogP contribution in [0.3, 0.4) is 0 Å². The summed E-state index contributed by atoms with van der Waals surface area (Å²) < 4.78 is 66.3. The van der Waals surface area contributed by atoms with Gasteiger partial charge in [-0.1, -0.05) is 0 Å². The minimum atomic E-state index is -4.64. The van der Waals surface area contributed by atoms with Gasteiger partial charge in [-0.2, -0.15) is 13.2 Å². The number of nitrogens with zero attached hydrogens (tertiary/aromatic N) is 2. The molecule has 1 aromatic carbocycles. The second-order valence-corrected chi connectivity index (χ2v) is 8.43. The first-order valence-electron chi connectivity index (χ1n) is 9.16. The van der Waals surface area contributed by atoms with E-state index in [0.29, 0.717) is 12.1 Å². The van der Waals surface area contributed by atoms with Crippen molar-refractivity contribution in [1.82, 2.24) is 4.57 Å². The molecular weight excluding hydrogens is 469 g/mol. The summed E-state index contributed by atoms with van der Waals surface area (Å²) in [5.41, 5.74) is 13.5. The quantitative estimate of drug-likeness (QED) is 0.171. The molecule has 0 bridgehead atoms. The smallest absolute Gasteiger partial charge is 0.393 e. The summed E-state index contributed by atoms with van der Waals surface area (Å²) in [7, 11) is -4.42. The number of benzene rings is 1. The van der Waals surface area contributed by atoms with E-state index in [9.17, 15) is 31.2 Å². The Hall–Kier alpha value is -3.75. The van der Waals surface area contributed by atoms with E-state index in [1.165, 1.54) is 13.0 Å². The molecule has 0 radical (unpaired) electrons. The second-order valence-electron chi connectivity index (χ2n) is 6.75. The maximum Gasteiger partial charge on any atom is 0.416 e. The van der Waals surface area contributed by atoms with Crippen LogP contribution in [0.5, 0.6) is 0 Å². The third kappa shape index (κ3) is 6.38. The number of halogens is 3. The summed E-state index contributed by atoms with van der Waals surface area (Å²) in [5, 5.41) is 3.29. The first-order valence-corrected chi connectivity index (χ1v) is 10.6. The lowest BCUT2D eigenvalue weighted by molar-refractivity contribution is -0.137. The van der Waals surface area contributed by atoms with E-state index in [1.54, 1.807) is 0 Å². The highest BCUT2D eigenvalue weighted by molar-refractivity contribution is 7.92. The normalized spacial score (nSPS) is 12.6. The molecule has 0 aliphatic carbocycles. The third-order valence-corrected chi connectivity index (χ3v) is 5.73. The van der Waals surface area contributed by atoms with E-state index in [2.05, 4.69) is 5.16 Å². The number of nitrogens with one attached hydrogen (secondary N) is 1. The van der Waals surface area contributed by atoms with Crippen molar-refractivity contribution in [2.45, 2.75) is 30.5 Å². The second kappa shape index (κ2) is 9.81. The summed E-state index contributed by atoms with van der Waals surface area (Å²) in [4.78, 5) is 29.2. The third-order valence-electron chi connectivity index (χ3n) is 4.35. The van der Waals surface area contributed by atoms with Crippen LogP contribution in [0, 0.1) is 6.92 Å². The van der Waals surface area contributed by atoms with Gasteiger partial charge in [0, 0.05) is 12.1 Å². The van der Waals surface area contributed by atoms with E-state index in [1.807, 2.05) is 4.72 Å². The number of amides is 1. The topological polar surface area (TPSA) is 185 Å². The predicted octanol–water partition coefficient (Wildman–Crippen LogP) is 0.598. The summed E-state index contributed by atoms with van der Waals surface area (Å²) in [6.07, 6.45) is -4.77. The number of pyridine rings is 1. The van der Waals surface area contributed by atoms with Crippen LogP contribution in [-0.2, 0) is 25.8 Å². The van der Waals surface area contributed by atoms with Gasteiger partial charge in [0.15, 0.2) is 0 Å². The molecule has 7 N–H and O–H groups in total. The molecule has 1 unspecified atom stereocenters. The number of anilines is 1. The highest BCUT2D eigenvalue weighted by atomic mass is 32.2. The fourth-order valence-electron chi connectivity index (χ4n) is 2.82. The van der Waals surface area contributed by atoms with Gasteiger partial charge in [0.25, 0.3) is 15.6 Å². The largest absolute Gasteiger partial charge is 0.416 e. The highest BCUT2D eigenvalue weighted by Gasteiger charge is 2.31. The first-order chi connectivity index (χ1) is 15.2. The summed E-state index contributed by atoms with van der Waals surface area (Å²) in [5.74, 6) is -1.27. The number of alkyl halides is 3. The first kappa shape index (κ1) is 25.5. The van der Waals surface area contributed by atoms with Gasteiger partial charge in [0.1, 0.15) is 18.3 Å². The molecule has 0 spiro atoms. The number of aryl methyl sites for hydroxylation is 1. The van der Waals surface area contributed by atoms with E-state index < -0.39 is 49.9 Å². The van der Waals surface area contributed by atoms with E-state index in [0.717, 1.165) is 22.8 Å². The molecule has 0 fully saturated rings. The predicted molar refractivity (Wildman–Crippen MR) is 112 cm³/mol. The van der Waals surface area contributed by atoms with Gasteiger partial charge >= 0.3 is 6.18 Å². The Morgan fingerprint density at radius 2 is 1.76 bits per heavy atom. The van der Waals surface area contributed by atoms with Crippen LogP contribution in [0.1, 0.15) is 23.7 Å². The van der Waals surface area contributed by atoms with Crippen molar-refractivity contribution in [3.63, 3.8) is 0 Å². The summed E-state index contributed by atoms with van der Waals surface area (Å²) >= 11 is 0. The van der Waals surface area contributed by atoms with Gasteiger partial charge in [-0.05, 0) is 48.5 Å². The van der Waals surface area contributed by atoms with Crippen molar-refractivity contribution in [2.75, 3.05) is 11.3 Å². The highest BCUT2D eigenvalue weighted by Crippen LogP contribution is 2.30. The molecular formula is C18H21F3N6O5S. The Labute approximate surface area is 186 Å². The number of aromatic nitrogens is 1. The maximum atomic E-state index is 12.9. The fourth-order valence-corrected chi connectivity index (χ4v) is 3.88. The molecule has 15 heteroatoms. The number of carbonyl (C=O) groups is 1. The number of oxime groups is 1. The summed E-state index contributed by atoms with van der Waals surface area (Å²) in [6, 6.07) is 3.99. The van der Waals surface area contributed by atoms with Crippen molar-refractivity contribution >= 4 is 27.6 Å². The Morgan fingerprint density at radius 1 is 1.15 bits per heavy atom. The number of sulfonamides is 1. The molecule has 2 rings (SSSR count). The van der Waals surface area contributed by atoms with E-state index in [-0.39, 0.29) is 24.7 Å². The molecule has 1 amide bonds. The van der Waals surface area contributed by atoms with Gasteiger partial charge in [-0.25, -0.2) is 8.42 Å². The molecule has 11 nitrogen and oxygen atoms in total. The van der Waals surface area contributed by atoms with Crippen molar-refractivity contribution in [3.05, 3.63) is 58.0 Å². The van der Waals surface area contributed by atoms with E-state index >= 15 is 0 Å². The van der Waals surface area contributed by atoms with Gasteiger partial charge in [0.05, 0.1) is 10.5 Å². The van der Waals surface area contributed by atoms with Crippen LogP contribution in [-0.4, -0.2) is 31.5 Å². The Kier molecular flexibility index (Phi) is 7.58. The zero-order valence-electron chi connectivity index (χ0n) is 17.2. The van der Waals surface area contributed by atoms with E-state index in [4.69, 9.17) is 22.0 Å². The number of rotatable bonds is 9. The lowest BCUT2D eigenvalue weighted by atomic mass is 10.1. The number of guanidine groups is 1. The van der Waals surface area contributed by atoms with Gasteiger partial charge in [-0.3, -0.25) is 18.9 Å². The van der Waals surface area contributed by atoms with Gasteiger partial charge in [-0.15, -0.1) is 0 Å². The number of hydrogen-bond acceptors (Lipinski definition) is 6. The average molecular weight is 490 g/mol. The molecule has 0 saturated carbocycles. The van der Waals surface area contributed by atoms with Crippen LogP contribution in [0.15, 0.2) is 51.2 Å². The van der Waals surface area contributed by atoms with Gasteiger partial charge < -0.3 is 22.0 Å². The molecule has 1 atom stereocenters. The average Bonchev–Trinajstić information content (AvgIpc) is 2.70. The molecule has 33 heavy (non-hydrogen) atoms. The van der Waals surface area contributed by atoms with Crippen LogP contribution < -0.4 is 27.5 Å². The molecule has 180 valence electrons. The zero-order valence-corrected chi connectivity index (χ0v) is 18.0. The minimum Gasteiger partial charge on any atom is -0.393 e. The molecule has 1 heterocycles. The monoisotopic (exact) mass is 490 g/mol. The Balaban J connectivity index is 2.37. The zero-order chi connectivity index (χ0) is 25.0. The lowest BCUT2D eigenvalue weighted by Crippen LogP contribution is -2.37.